The van der Waals surface area contributed by atoms with Crippen molar-refractivity contribution in [2.75, 3.05) is 20.8 Å². The highest BCUT2D eigenvalue weighted by Gasteiger charge is 2.35. The lowest BCUT2D eigenvalue weighted by Crippen LogP contribution is -2.29. The molecular formula is C26H21NO7. The SMILES string of the molecule is COc1ccc(C(=O)COC(=O)c2cccc(CN3C(=O)c4ccccc4C3=O)c2)cc1OC. The summed E-state index contributed by atoms with van der Waals surface area (Å²) in [5, 5.41) is 0. The minimum atomic E-state index is -0.696. The summed E-state index contributed by atoms with van der Waals surface area (Å²) in [6, 6.07) is 17.7. The second-order valence-electron chi connectivity index (χ2n) is 7.51. The second-order valence-corrected chi connectivity index (χ2v) is 7.51. The Balaban J connectivity index is 1.41. The van der Waals surface area contributed by atoms with Crippen LogP contribution in [-0.4, -0.2) is 49.3 Å². The molecule has 172 valence electrons. The number of ketones is 1. The Morgan fingerprint density at radius 3 is 2.09 bits per heavy atom. The van der Waals surface area contributed by atoms with Crippen molar-refractivity contribution in [3.63, 3.8) is 0 Å². The van der Waals surface area contributed by atoms with Gasteiger partial charge in [-0.2, -0.15) is 0 Å². The van der Waals surface area contributed by atoms with Crippen LogP contribution in [-0.2, 0) is 11.3 Å². The first-order valence-corrected chi connectivity index (χ1v) is 10.4. The molecular weight excluding hydrogens is 438 g/mol. The lowest BCUT2D eigenvalue weighted by molar-refractivity contribution is 0.0474. The van der Waals surface area contributed by atoms with E-state index in [0.717, 1.165) is 4.90 Å². The van der Waals surface area contributed by atoms with Gasteiger partial charge in [0.15, 0.2) is 23.9 Å². The highest BCUT2D eigenvalue weighted by atomic mass is 16.5. The number of Topliss-reactive ketones (excluding diaryl/α,β-unsaturated/α-hetero) is 1. The molecule has 0 saturated heterocycles. The highest BCUT2D eigenvalue weighted by Crippen LogP contribution is 2.28. The van der Waals surface area contributed by atoms with Crippen LogP contribution < -0.4 is 9.47 Å². The average Bonchev–Trinajstić information content (AvgIpc) is 3.11. The zero-order valence-corrected chi connectivity index (χ0v) is 18.6. The normalized spacial score (nSPS) is 12.4. The maximum absolute atomic E-state index is 12.6. The Labute approximate surface area is 195 Å². The molecule has 1 heterocycles. The van der Waals surface area contributed by atoms with Crippen molar-refractivity contribution in [3.05, 3.63) is 94.5 Å². The standard InChI is InChI=1S/C26H21NO7/c1-32-22-11-10-17(13-23(22)33-2)21(28)15-34-26(31)18-7-5-6-16(12-18)14-27-24(29)19-8-3-4-9-20(19)25(27)30/h3-13H,14-15H2,1-2H3. The van der Waals surface area contributed by atoms with Crippen molar-refractivity contribution < 1.29 is 33.4 Å². The first-order valence-electron chi connectivity index (χ1n) is 10.4. The quantitative estimate of drug-likeness (QED) is 0.289. The first kappa shape index (κ1) is 22.7. The van der Waals surface area contributed by atoms with Gasteiger partial charge in [-0.3, -0.25) is 19.3 Å². The fourth-order valence-electron chi connectivity index (χ4n) is 3.67. The number of rotatable bonds is 8. The summed E-state index contributed by atoms with van der Waals surface area (Å²) in [6.45, 7) is -0.449. The number of carbonyl (C=O) groups excluding carboxylic acids is 4. The van der Waals surface area contributed by atoms with Crippen LogP contribution in [0.2, 0.25) is 0 Å². The topological polar surface area (TPSA) is 99.2 Å². The molecule has 0 saturated carbocycles. The summed E-state index contributed by atoms with van der Waals surface area (Å²) in [5.74, 6) is -0.996. The predicted octanol–water partition coefficient (Wildman–Crippen LogP) is 3.54. The van der Waals surface area contributed by atoms with Gasteiger partial charge in [0.05, 0.1) is 37.5 Å². The van der Waals surface area contributed by atoms with Crippen LogP contribution in [0.3, 0.4) is 0 Å². The molecule has 0 unspecified atom stereocenters. The van der Waals surface area contributed by atoms with E-state index in [2.05, 4.69) is 0 Å². The minimum absolute atomic E-state index is 0.0119. The lowest BCUT2D eigenvalue weighted by Gasteiger charge is -2.14. The second kappa shape index (κ2) is 9.58. The van der Waals surface area contributed by atoms with Gasteiger partial charge in [0.2, 0.25) is 0 Å². The van der Waals surface area contributed by atoms with E-state index in [0.29, 0.717) is 33.8 Å². The van der Waals surface area contributed by atoms with Crippen molar-refractivity contribution >= 4 is 23.6 Å². The van der Waals surface area contributed by atoms with Crippen LogP contribution in [0.1, 0.15) is 47.0 Å². The van der Waals surface area contributed by atoms with Gasteiger partial charge in [-0.05, 0) is 48.0 Å². The summed E-state index contributed by atoms with van der Waals surface area (Å²) >= 11 is 0. The molecule has 8 heteroatoms. The maximum atomic E-state index is 12.6. The van der Waals surface area contributed by atoms with Gasteiger partial charge in [-0.25, -0.2) is 4.79 Å². The van der Waals surface area contributed by atoms with Crippen LogP contribution in [0, 0.1) is 0 Å². The number of hydrogen-bond acceptors (Lipinski definition) is 7. The first-order chi connectivity index (χ1) is 16.4. The third-order valence-electron chi connectivity index (χ3n) is 5.42. The van der Waals surface area contributed by atoms with Crippen molar-refractivity contribution in [2.45, 2.75) is 6.54 Å². The molecule has 1 aliphatic rings. The van der Waals surface area contributed by atoms with Crippen molar-refractivity contribution in [3.8, 4) is 11.5 Å². The van der Waals surface area contributed by atoms with Gasteiger partial charge in [0.1, 0.15) is 0 Å². The summed E-state index contributed by atoms with van der Waals surface area (Å²) in [4.78, 5) is 51.3. The zero-order valence-electron chi connectivity index (χ0n) is 18.6. The van der Waals surface area contributed by atoms with E-state index in [1.54, 1.807) is 48.5 Å². The molecule has 0 aliphatic carbocycles. The van der Waals surface area contributed by atoms with E-state index < -0.39 is 18.4 Å². The monoisotopic (exact) mass is 459 g/mol. The number of nitrogens with zero attached hydrogens (tertiary/aromatic N) is 1. The van der Waals surface area contributed by atoms with Crippen LogP contribution in [0.5, 0.6) is 11.5 Å². The van der Waals surface area contributed by atoms with Crippen molar-refractivity contribution in [2.24, 2.45) is 0 Å². The molecule has 0 bridgehead atoms. The van der Waals surface area contributed by atoms with Crippen LogP contribution in [0.4, 0.5) is 0 Å². The Bertz CT molecular complexity index is 1260. The van der Waals surface area contributed by atoms with E-state index in [1.165, 1.54) is 32.4 Å². The molecule has 3 aromatic rings. The summed E-state index contributed by atoms with van der Waals surface area (Å²) in [5.41, 5.74) is 1.81. The largest absolute Gasteiger partial charge is 0.493 e. The number of carbonyl (C=O) groups is 4. The third-order valence-corrected chi connectivity index (χ3v) is 5.42. The van der Waals surface area contributed by atoms with Gasteiger partial charge in [0, 0.05) is 5.56 Å². The number of amides is 2. The minimum Gasteiger partial charge on any atom is -0.493 e. The molecule has 0 fully saturated rings. The molecule has 34 heavy (non-hydrogen) atoms. The number of methoxy groups -OCH3 is 2. The lowest BCUT2D eigenvalue weighted by atomic mass is 10.1. The van der Waals surface area contributed by atoms with E-state index in [4.69, 9.17) is 14.2 Å². The van der Waals surface area contributed by atoms with E-state index in [1.807, 2.05) is 0 Å². The average molecular weight is 459 g/mol. The number of esters is 1. The molecule has 0 aromatic heterocycles. The maximum Gasteiger partial charge on any atom is 0.338 e. The number of benzene rings is 3. The van der Waals surface area contributed by atoms with E-state index in [-0.39, 0.29) is 23.9 Å². The molecule has 1 aliphatic heterocycles. The molecule has 0 N–H and O–H groups in total. The van der Waals surface area contributed by atoms with Crippen molar-refractivity contribution in [1.82, 2.24) is 4.90 Å². The van der Waals surface area contributed by atoms with E-state index >= 15 is 0 Å². The van der Waals surface area contributed by atoms with Gasteiger partial charge >= 0.3 is 5.97 Å². The third kappa shape index (κ3) is 4.38. The fraction of sp³-hybridized carbons (Fsp3) is 0.154. The van der Waals surface area contributed by atoms with Gasteiger partial charge in [0.25, 0.3) is 11.8 Å². The van der Waals surface area contributed by atoms with Gasteiger partial charge in [-0.15, -0.1) is 0 Å². The molecule has 3 aromatic carbocycles. The number of imide groups is 1. The van der Waals surface area contributed by atoms with Gasteiger partial charge in [-0.1, -0.05) is 24.3 Å². The Morgan fingerprint density at radius 1 is 0.765 bits per heavy atom. The Kier molecular flexibility index (Phi) is 6.40. The predicted molar refractivity (Wildman–Crippen MR) is 121 cm³/mol. The summed E-state index contributed by atoms with van der Waals surface area (Å²) < 4.78 is 15.5. The Morgan fingerprint density at radius 2 is 1.44 bits per heavy atom. The van der Waals surface area contributed by atoms with Crippen LogP contribution >= 0.6 is 0 Å². The van der Waals surface area contributed by atoms with Crippen LogP contribution in [0.25, 0.3) is 0 Å². The molecule has 2 amide bonds. The smallest absolute Gasteiger partial charge is 0.338 e. The molecule has 4 rings (SSSR count). The molecule has 0 spiro atoms. The zero-order chi connectivity index (χ0) is 24.2. The number of hydrogen-bond donors (Lipinski definition) is 0. The van der Waals surface area contributed by atoms with E-state index in [9.17, 15) is 19.2 Å². The fourth-order valence-corrected chi connectivity index (χ4v) is 3.67. The Hall–Kier alpha value is -4.46. The molecule has 0 radical (unpaired) electrons. The molecule has 0 atom stereocenters. The van der Waals surface area contributed by atoms with Crippen LogP contribution in [0.15, 0.2) is 66.7 Å². The summed E-state index contributed by atoms with van der Waals surface area (Å²) in [6.07, 6.45) is 0. The summed E-state index contributed by atoms with van der Waals surface area (Å²) in [7, 11) is 2.95. The number of ether oxygens (including phenoxy) is 3. The van der Waals surface area contributed by atoms with Crippen molar-refractivity contribution in [1.29, 1.82) is 0 Å². The number of fused-ring (bicyclic) bond motifs is 1. The van der Waals surface area contributed by atoms with Gasteiger partial charge < -0.3 is 14.2 Å². The molecule has 8 nitrogen and oxygen atoms in total. The highest BCUT2D eigenvalue weighted by molar-refractivity contribution is 6.21.